The molecule has 0 unspecified atom stereocenters. The lowest BCUT2D eigenvalue weighted by molar-refractivity contribution is -0.0501. The minimum Gasteiger partial charge on any atom is -0.487 e. The lowest BCUT2D eigenvalue weighted by Crippen LogP contribution is -2.15. The molecule has 0 aliphatic heterocycles. The molecule has 0 saturated carbocycles. The quantitative estimate of drug-likeness (QED) is 0.478. The number of anilines is 1. The topological polar surface area (TPSA) is 64.9 Å². The van der Waals surface area contributed by atoms with Crippen molar-refractivity contribution in [3.8, 4) is 11.5 Å². The zero-order valence-electron chi connectivity index (χ0n) is 15.7. The van der Waals surface area contributed by atoms with Gasteiger partial charge < -0.3 is 19.2 Å². The van der Waals surface area contributed by atoms with Crippen molar-refractivity contribution in [1.29, 1.82) is 0 Å². The first-order valence-electron chi connectivity index (χ1n) is 9.09. The van der Waals surface area contributed by atoms with Crippen LogP contribution in [0, 0.1) is 0 Å². The van der Waals surface area contributed by atoms with E-state index >= 15 is 0 Å². The van der Waals surface area contributed by atoms with Crippen molar-refractivity contribution in [3.05, 3.63) is 90.4 Å². The van der Waals surface area contributed by atoms with Crippen molar-refractivity contribution in [2.75, 3.05) is 5.32 Å². The van der Waals surface area contributed by atoms with Gasteiger partial charge in [-0.3, -0.25) is 4.79 Å². The van der Waals surface area contributed by atoms with E-state index in [1.807, 2.05) is 35.0 Å². The summed E-state index contributed by atoms with van der Waals surface area (Å²) in [5, 5.41) is 2.67. The van der Waals surface area contributed by atoms with Gasteiger partial charge in [-0.2, -0.15) is 8.78 Å². The highest BCUT2D eigenvalue weighted by Gasteiger charge is 2.15. The standard InChI is InChI=1S/C22H17F2N3O3/c23-22(24)30-19-9-2-1-8-18(19)21(28)26-15-6-5-7-17(12-15)29-14-16-13-27-11-4-3-10-20(27)25-16/h1-13,22H,14H2,(H,26,28). The monoisotopic (exact) mass is 409 g/mol. The summed E-state index contributed by atoms with van der Waals surface area (Å²) in [7, 11) is 0. The largest absolute Gasteiger partial charge is 0.487 e. The summed E-state index contributed by atoms with van der Waals surface area (Å²) in [6.45, 7) is -2.76. The molecule has 2 heterocycles. The Morgan fingerprint density at radius 3 is 2.73 bits per heavy atom. The number of hydrogen-bond acceptors (Lipinski definition) is 4. The van der Waals surface area contributed by atoms with Gasteiger partial charge in [0.15, 0.2) is 0 Å². The number of carbonyl (C=O) groups excluding carboxylic acids is 1. The number of ether oxygens (including phenoxy) is 2. The molecular weight excluding hydrogens is 392 g/mol. The smallest absolute Gasteiger partial charge is 0.387 e. The number of aromatic nitrogens is 2. The fourth-order valence-corrected chi connectivity index (χ4v) is 2.93. The molecule has 1 amide bonds. The molecule has 0 fully saturated rings. The Morgan fingerprint density at radius 1 is 1.07 bits per heavy atom. The van der Waals surface area contributed by atoms with Gasteiger partial charge in [-0.25, -0.2) is 4.98 Å². The highest BCUT2D eigenvalue weighted by molar-refractivity contribution is 6.06. The molecule has 1 N–H and O–H groups in total. The van der Waals surface area contributed by atoms with Crippen LogP contribution in [0.1, 0.15) is 16.1 Å². The predicted molar refractivity (Wildman–Crippen MR) is 107 cm³/mol. The number of fused-ring (bicyclic) bond motifs is 1. The zero-order chi connectivity index (χ0) is 20.9. The van der Waals surface area contributed by atoms with E-state index in [1.165, 1.54) is 18.2 Å². The van der Waals surface area contributed by atoms with E-state index in [0.29, 0.717) is 11.4 Å². The van der Waals surface area contributed by atoms with Crippen molar-refractivity contribution in [1.82, 2.24) is 9.38 Å². The van der Waals surface area contributed by atoms with Crippen LogP contribution in [0.2, 0.25) is 0 Å². The fraction of sp³-hybridized carbons (Fsp3) is 0.0909. The summed E-state index contributed by atoms with van der Waals surface area (Å²) in [6, 6.07) is 18.3. The second-order valence-electron chi connectivity index (χ2n) is 6.34. The van der Waals surface area contributed by atoms with Crippen LogP contribution in [0.5, 0.6) is 11.5 Å². The molecule has 0 bridgehead atoms. The highest BCUT2D eigenvalue weighted by Crippen LogP contribution is 2.23. The Labute approximate surface area is 170 Å². The highest BCUT2D eigenvalue weighted by atomic mass is 19.3. The van der Waals surface area contributed by atoms with Gasteiger partial charge in [0.05, 0.1) is 11.3 Å². The van der Waals surface area contributed by atoms with Gasteiger partial charge in [-0.15, -0.1) is 0 Å². The molecule has 6 nitrogen and oxygen atoms in total. The Bertz CT molecular complexity index is 1140. The van der Waals surface area contributed by atoms with E-state index in [-0.39, 0.29) is 17.9 Å². The predicted octanol–water partition coefficient (Wildman–Crippen LogP) is 4.77. The molecule has 4 rings (SSSR count). The van der Waals surface area contributed by atoms with Gasteiger partial charge in [0.25, 0.3) is 5.91 Å². The number of para-hydroxylation sites is 1. The van der Waals surface area contributed by atoms with E-state index in [4.69, 9.17) is 4.74 Å². The molecule has 0 spiro atoms. The summed E-state index contributed by atoms with van der Waals surface area (Å²) >= 11 is 0. The Kier molecular flexibility index (Phi) is 5.56. The molecule has 8 heteroatoms. The van der Waals surface area contributed by atoms with E-state index < -0.39 is 12.5 Å². The van der Waals surface area contributed by atoms with Crippen molar-refractivity contribution < 1.29 is 23.0 Å². The van der Waals surface area contributed by atoms with E-state index in [9.17, 15) is 13.6 Å². The maximum absolute atomic E-state index is 12.6. The second kappa shape index (κ2) is 8.60. The molecule has 30 heavy (non-hydrogen) atoms. The lowest BCUT2D eigenvalue weighted by atomic mass is 10.2. The van der Waals surface area contributed by atoms with Gasteiger partial charge in [0.1, 0.15) is 23.8 Å². The number of hydrogen-bond donors (Lipinski definition) is 1. The number of imidazole rings is 1. The zero-order valence-corrected chi connectivity index (χ0v) is 15.7. The minimum atomic E-state index is -3.02. The summed E-state index contributed by atoms with van der Waals surface area (Å²) in [5.41, 5.74) is 2.05. The van der Waals surface area contributed by atoms with Crippen LogP contribution in [0.3, 0.4) is 0 Å². The number of nitrogens with zero attached hydrogens (tertiary/aromatic N) is 2. The average molecular weight is 409 g/mol. The lowest BCUT2D eigenvalue weighted by Gasteiger charge is -2.11. The third-order valence-electron chi connectivity index (χ3n) is 4.24. The summed E-state index contributed by atoms with van der Waals surface area (Å²) in [6.07, 6.45) is 3.78. The van der Waals surface area contributed by atoms with Gasteiger partial charge in [0.2, 0.25) is 0 Å². The molecule has 4 aromatic rings. The molecule has 2 aromatic heterocycles. The summed E-state index contributed by atoms with van der Waals surface area (Å²) in [4.78, 5) is 17.0. The molecule has 0 radical (unpaired) electrons. The third-order valence-corrected chi connectivity index (χ3v) is 4.24. The number of nitrogens with one attached hydrogen (secondary N) is 1. The first kappa shape index (κ1) is 19.4. The van der Waals surface area contributed by atoms with Crippen molar-refractivity contribution >= 4 is 17.2 Å². The third kappa shape index (κ3) is 4.54. The van der Waals surface area contributed by atoms with Crippen LogP contribution < -0.4 is 14.8 Å². The maximum Gasteiger partial charge on any atom is 0.387 e. The summed E-state index contributed by atoms with van der Waals surface area (Å²) in [5.74, 6) is -0.227. The van der Waals surface area contributed by atoms with E-state index in [0.717, 1.165) is 11.3 Å². The van der Waals surface area contributed by atoms with Gasteiger partial charge in [-0.05, 0) is 36.4 Å². The molecule has 152 valence electrons. The van der Waals surface area contributed by atoms with Crippen molar-refractivity contribution in [3.63, 3.8) is 0 Å². The van der Waals surface area contributed by atoms with Crippen molar-refractivity contribution in [2.45, 2.75) is 13.2 Å². The molecule has 0 aliphatic carbocycles. The van der Waals surface area contributed by atoms with E-state index in [2.05, 4.69) is 15.0 Å². The van der Waals surface area contributed by atoms with Crippen LogP contribution in [0.15, 0.2) is 79.1 Å². The molecular formula is C22H17F2N3O3. The van der Waals surface area contributed by atoms with E-state index in [1.54, 1.807) is 30.3 Å². The van der Waals surface area contributed by atoms with Crippen molar-refractivity contribution in [2.24, 2.45) is 0 Å². The molecule has 0 atom stereocenters. The first-order chi connectivity index (χ1) is 14.6. The normalized spacial score (nSPS) is 10.9. The minimum absolute atomic E-state index is 0.00817. The van der Waals surface area contributed by atoms with Gasteiger partial charge in [-0.1, -0.05) is 24.3 Å². The van der Waals surface area contributed by atoms with Gasteiger partial charge in [0, 0.05) is 24.1 Å². The Hall–Kier alpha value is -3.94. The van der Waals surface area contributed by atoms with Crippen LogP contribution in [0.25, 0.3) is 5.65 Å². The second-order valence-corrected chi connectivity index (χ2v) is 6.34. The first-order valence-corrected chi connectivity index (χ1v) is 9.09. The average Bonchev–Trinajstić information content (AvgIpc) is 3.15. The van der Waals surface area contributed by atoms with Crippen LogP contribution in [-0.2, 0) is 6.61 Å². The number of pyridine rings is 1. The fourth-order valence-electron chi connectivity index (χ4n) is 2.93. The summed E-state index contributed by atoms with van der Waals surface area (Å²) < 4.78 is 37.2. The SMILES string of the molecule is O=C(Nc1cccc(OCc2cn3ccccc3n2)c1)c1ccccc1OC(F)F. The number of carbonyl (C=O) groups is 1. The number of amides is 1. The number of rotatable bonds is 7. The van der Waals surface area contributed by atoms with Crippen LogP contribution in [0.4, 0.5) is 14.5 Å². The van der Waals surface area contributed by atoms with Gasteiger partial charge >= 0.3 is 6.61 Å². The molecule has 0 aliphatic rings. The van der Waals surface area contributed by atoms with Crippen LogP contribution in [-0.4, -0.2) is 21.9 Å². The van der Waals surface area contributed by atoms with Crippen LogP contribution >= 0.6 is 0 Å². The molecule has 0 saturated heterocycles. The number of alkyl halides is 2. The number of benzene rings is 2. The Morgan fingerprint density at radius 2 is 1.90 bits per heavy atom. The number of halogens is 2. The molecule has 2 aromatic carbocycles. The maximum atomic E-state index is 12.6. The Balaban J connectivity index is 1.44.